The lowest BCUT2D eigenvalue weighted by molar-refractivity contribution is -0.171. The van der Waals surface area contributed by atoms with E-state index in [-0.39, 0.29) is 23.4 Å². The fraction of sp³-hybridized carbons (Fsp3) is 0.517. The number of carbonyl (C=O) groups excluding carboxylic acids is 2. The highest BCUT2D eigenvalue weighted by molar-refractivity contribution is 8.01. The van der Waals surface area contributed by atoms with E-state index in [1.165, 1.54) is 11.8 Å². The molecule has 0 aromatic heterocycles. The third-order valence-corrected chi connectivity index (χ3v) is 7.83. The molecule has 1 N–H and O–H groups in total. The number of esters is 1. The van der Waals surface area contributed by atoms with Gasteiger partial charge in [-0.05, 0) is 72.9 Å². The second-order valence-corrected chi connectivity index (χ2v) is 11.8. The third kappa shape index (κ3) is 6.65. The van der Waals surface area contributed by atoms with Crippen LogP contribution in [-0.2, 0) is 26.2 Å². The molecule has 2 unspecified atom stereocenters. The van der Waals surface area contributed by atoms with Gasteiger partial charge in [0.1, 0.15) is 11.4 Å². The summed E-state index contributed by atoms with van der Waals surface area (Å²) in [5.41, 5.74) is 2.46. The van der Waals surface area contributed by atoms with E-state index < -0.39 is 16.8 Å². The van der Waals surface area contributed by atoms with Crippen molar-refractivity contribution in [3.63, 3.8) is 0 Å². The van der Waals surface area contributed by atoms with Gasteiger partial charge in [-0.15, -0.1) is 11.8 Å². The molecule has 1 aliphatic rings. The Kier molecular flexibility index (Phi) is 8.51. The number of ether oxygens (including phenoxy) is 1. The van der Waals surface area contributed by atoms with Crippen molar-refractivity contribution in [3.05, 3.63) is 59.2 Å². The Morgan fingerprint density at radius 1 is 1.06 bits per heavy atom. The molecule has 0 saturated carbocycles. The van der Waals surface area contributed by atoms with Gasteiger partial charge >= 0.3 is 5.97 Å². The molecule has 1 saturated heterocycles. The van der Waals surface area contributed by atoms with Gasteiger partial charge in [0.2, 0.25) is 0 Å². The smallest absolute Gasteiger partial charge is 0.327 e. The molecule has 0 spiro atoms. The van der Waals surface area contributed by atoms with Crippen LogP contribution in [0.2, 0.25) is 0 Å². The molecule has 5 heteroatoms. The van der Waals surface area contributed by atoms with E-state index in [2.05, 4.69) is 45.9 Å². The maximum absolute atomic E-state index is 13.4. The van der Waals surface area contributed by atoms with Crippen molar-refractivity contribution < 1.29 is 19.4 Å². The first-order valence-electron chi connectivity index (χ1n) is 12.3. The van der Waals surface area contributed by atoms with E-state index in [1.807, 2.05) is 19.1 Å². The maximum Gasteiger partial charge on any atom is 0.327 e. The number of aromatic hydroxyl groups is 1. The molecule has 4 nitrogen and oxygen atoms in total. The lowest BCUT2D eigenvalue weighted by Gasteiger charge is -2.39. The SMILES string of the molecule is CCCCCC1(CCc2ccc(O)cc2)CC(=O)C(Sc2cc(C)ccc2C(C)(C)C)C(=O)O1. The van der Waals surface area contributed by atoms with E-state index in [1.54, 1.807) is 12.1 Å². The van der Waals surface area contributed by atoms with Crippen LogP contribution in [0.3, 0.4) is 0 Å². The van der Waals surface area contributed by atoms with E-state index in [0.29, 0.717) is 19.3 Å². The highest BCUT2D eigenvalue weighted by atomic mass is 32.2. The van der Waals surface area contributed by atoms with Crippen molar-refractivity contribution >= 4 is 23.5 Å². The van der Waals surface area contributed by atoms with Gasteiger partial charge in [-0.25, -0.2) is 0 Å². The van der Waals surface area contributed by atoms with Crippen LogP contribution >= 0.6 is 11.8 Å². The standard InChI is InChI=1S/C29H38O4S/c1-6-7-8-16-29(17-15-21-10-12-22(30)13-11-21)19-24(31)26(27(32)33-29)34-25-18-20(2)9-14-23(25)28(3,4)5/h9-14,18,26,30H,6-8,15-17,19H2,1-5H3. The van der Waals surface area contributed by atoms with Crippen molar-refractivity contribution in [2.45, 2.75) is 101 Å². The van der Waals surface area contributed by atoms with Crippen molar-refractivity contribution in [3.8, 4) is 5.75 Å². The second-order valence-electron chi connectivity index (χ2n) is 10.6. The molecule has 1 heterocycles. The lowest BCUT2D eigenvalue weighted by Crippen LogP contribution is -2.49. The molecular weight excluding hydrogens is 444 g/mol. The number of thioether (sulfide) groups is 1. The summed E-state index contributed by atoms with van der Waals surface area (Å²) in [6.45, 7) is 10.6. The van der Waals surface area contributed by atoms with Crippen molar-refractivity contribution in [2.75, 3.05) is 0 Å². The number of Topliss-reactive ketones (excluding diaryl/α,β-unsaturated/α-hetero) is 1. The molecule has 0 amide bonds. The van der Waals surface area contributed by atoms with Crippen LogP contribution in [0.1, 0.15) is 82.9 Å². The molecule has 34 heavy (non-hydrogen) atoms. The van der Waals surface area contributed by atoms with Crippen LogP contribution in [0.4, 0.5) is 0 Å². The molecule has 2 atom stereocenters. The zero-order valence-corrected chi connectivity index (χ0v) is 22.0. The summed E-state index contributed by atoms with van der Waals surface area (Å²) in [5, 5.41) is 8.73. The van der Waals surface area contributed by atoms with Gasteiger partial charge in [-0.3, -0.25) is 9.59 Å². The van der Waals surface area contributed by atoms with E-state index in [0.717, 1.165) is 40.8 Å². The summed E-state index contributed by atoms with van der Waals surface area (Å²) < 4.78 is 6.15. The first-order valence-corrected chi connectivity index (χ1v) is 13.2. The Bertz CT molecular complexity index is 986. The first kappa shape index (κ1) is 26.3. The highest BCUT2D eigenvalue weighted by Gasteiger charge is 2.47. The first-order chi connectivity index (χ1) is 16.0. The second kappa shape index (κ2) is 11.0. The van der Waals surface area contributed by atoms with Crippen molar-refractivity contribution in [1.82, 2.24) is 0 Å². The predicted octanol–water partition coefficient (Wildman–Crippen LogP) is 6.93. The van der Waals surface area contributed by atoms with E-state index >= 15 is 0 Å². The fourth-order valence-electron chi connectivity index (χ4n) is 4.57. The Hall–Kier alpha value is -2.27. The van der Waals surface area contributed by atoms with Crippen LogP contribution in [0, 0.1) is 6.92 Å². The number of hydrogen-bond acceptors (Lipinski definition) is 5. The quantitative estimate of drug-likeness (QED) is 0.239. The van der Waals surface area contributed by atoms with Gasteiger partial charge in [0.05, 0.1) is 0 Å². The molecule has 2 aromatic rings. The number of phenols is 1. The maximum atomic E-state index is 13.4. The zero-order valence-electron chi connectivity index (χ0n) is 21.1. The van der Waals surface area contributed by atoms with Crippen molar-refractivity contribution in [2.24, 2.45) is 0 Å². The van der Waals surface area contributed by atoms with Crippen molar-refractivity contribution in [1.29, 1.82) is 0 Å². The Labute approximate surface area is 208 Å². The largest absolute Gasteiger partial charge is 0.508 e. The topological polar surface area (TPSA) is 63.6 Å². The minimum absolute atomic E-state index is 0.0372. The molecule has 3 rings (SSSR count). The number of benzene rings is 2. The highest BCUT2D eigenvalue weighted by Crippen LogP contribution is 2.41. The number of rotatable bonds is 9. The average Bonchev–Trinajstić information content (AvgIpc) is 2.75. The molecule has 1 aliphatic heterocycles. The van der Waals surface area contributed by atoms with Crippen LogP contribution in [0.15, 0.2) is 47.4 Å². The van der Waals surface area contributed by atoms with Crippen LogP contribution in [-0.4, -0.2) is 27.7 Å². The number of hydrogen-bond donors (Lipinski definition) is 1. The Morgan fingerprint density at radius 2 is 1.76 bits per heavy atom. The summed E-state index contributed by atoms with van der Waals surface area (Å²) in [6, 6.07) is 13.3. The van der Waals surface area contributed by atoms with Gasteiger partial charge in [-0.2, -0.15) is 0 Å². The number of cyclic esters (lactones) is 1. The normalized spacial score (nSPS) is 20.9. The van der Waals surface area contributed by atoms with Crippen LogP contribution < -0.4 is 0 Å². The van der Waals surface area contributed by atoms with E-state index in [9.17, 15) is 14.7 Å². The zero-order chi connectivity index (χ0) is 24.9. The summed E-state index contributed by atoms with van der Waals surface area (Å²) in [4.78, 5) is 27.6. The van der Waals surface area contributed by atoms with Gasteiger partial charge in [0.15, 0.2) is 11.0 Å². The number of phenolic OH excluding ortho intramolecular Hbond substituents is 1. The summed E-state index contributed by atoms with van der Waals surface area (Å²) in [7, 11) is 0. The summed E-state index contributed by atoms with van der Waals surface area (Å²) >= 11 is 1.34. The van der Waals surface area contributed by atoms with Crippen LogP contribution in [0.5, 0.6) is 5.75 Å². The number of carbonyl (C=O) groups is 2. The monoisotopic (exact) mass is 482 g/mol. The van der Waals surface area contributed by atoms with Crippen LogP contribution in [0.25, 0.3) is 0 Å². The average molecular weight is 483 g/mol. The molecule has 2 aromatic carbocycles. The predicted molar refractivity (Wildman–Crippen MR) is 139 cm³/mol. The molecular formula is C29H38O4S. The minimum atomic E-state index is -0.823. The van der Waals surface area contributed by atoms with Gasteiger partial charge in [0, 0.05) is 11.3 Å². The molecule has 184 valence electrons. The van der Waals surface area contributed by atoms with Gasteiger partial charge < -0.3 is 9.84 Å². The summed E-state index contributed by atoms with van der Waals surface area (Å²) in [6.07, 6.45) is 5.29. The van der Waals surface area contributed by atoms with E-state index in [4.69, 9.17) is 4.74 Å². The fourth-order valence-corrected chi connectivity index (χ4v) is 5.94. The third-order valence-electron chi connectivity index (χ3n) is 6.55. The molecule has 0 aliphatic carbocycles. The number of ketones is 1. The van der Waals surface area contributed by atoms with Gasteiger partial charge in [-0.1, -0.05) is 64.8 Å². The molecule has 0 radical (unpaired) electrons. The number of aryl methyl sites for hydroxylation is 2. The molecule has 1 fully saturated rings. The lowest BCUT2D eigenvalue weighted by atomic mass is 9.82. The molecule has 0 bridgehead atoms. The summed E-state index contributed by atoms with van der Waals surface area (Å²) in [5.74, 6) is -0.221. The Balaban J connectivity index is 1.80. The van der Waals surface area contributed by atoms with Gasteiger partial charge in [0.25, 0.3) is 0 Å². The minimum Gasteiger partial charge on any atom is -0.508 e. The Morgan fingerprint density at radius 3 is 2.38 bits per heavy atom. The number of unbranched alkanes of at least 4 members (excludes halogenated alkanes) is 2.